The Hall–Kier alpha value is -0.610. The van der Waals surface area contributed by atoms with E-state index in [9.17, 15) is 4.79 Å². The molecule has 1 saturated heterocycles. The predicted octanol–water partition coefficient (Wildman–Crippen LogP) is 1.01. The largest absolute Gasteiger partial charge is 0.381 e. The summed E-state index contributed by atoms with van der Waals surface area (Å²) in [5.41, 5.74) is 0. The van der Waals surface area contributed by atoms with Crippen molar-refractivity contribution in [2.75, 3.05) is 32.8 Å². The average molecular weight is 240 g/mol. The second-order valence-electron chi connectivity index (χ2n) is 5.13. The van der Waals surface area contributed by atoms with Gasteiger partial charge in [-0.05, 0) is 38.6 Å². The van der Waals surface area contributed by atoms with Gasteiger partial charge in [0.15, 0.2) is 0 Å². The Morgan fingerprint density at radius 1 is 1.41 bits per heavy atom. The van der Waals surface area contributed by atoms with E-state index in [0.29, 0.717) is 25.6 Å². The summed E-state index contributed by atoms with van der Waals surface area (Å²) in [5, 5.41) is 3.02. The van der Waals surface area contributed by atoms with Gasteiger partial charge in [-0.3, -0.25) is 4.79 Å². The molecule has 1 amide bonds. The zero-order valence-electron chi connectivity index (χ0n) is 10.8. The van der Waals surface area contributed by atoms with Crippen molar-refractivity contribution < 1.29 is 9.53 Å². The molecule has 17 heavy (non-hydrogen) atoms. The monoisotopic (exact) mass is 240 g/mol. The molecule has 0 aromatic rings. The maximum Gasteiger partial charge on any atom is 0.222 e. The molecular weight excluding hydrogens is 216 g/mol. The molecule has 1 saturated carbocycles. The Morgan fingerprint density at radius 2 is 2.24 bits per heavy atom. The molecule has 0 aromatic heterocycles. The van der Waals surface area contributed by atoms with Crippen molar-refractivity contribution in [3.8, 4) is 0 Å². The molecule has 2 fully saturated rings. The van der Waals surface area contributed by atoms with Crippen molar-refractivity contribution in [2.45, 2.75) is 38.6 Å². The molecule has 1 heterocycles. The van der Waals surface area contributed by atoms with Crippen LogP contribution in [-0.4, -0.2) is 49.7 Å². The van der Waals surface area contributed by atoms with E-state index in [2.05, 4.69) is 10.2 Å². The molecule has 1 N–H and O–H groups in total. The summed E-state index contributed by atoms with van der Waals surface area (Å²) in [6, 6.07) is 0.869. The van der Waals surface area contributed by atoms with Gasteiger partial charge in [-0.1, -0.05) is 0 Å². The average Bonchev–Trinajstić information content (AvgIpc) is 3.07. The van der Waals surface area contributed by atoms with Crippen LogP contribution >= 0.6 is 0 Å². The number of hydrogen-bond acceptors (Lipinski definition) is 3. The van der Waals surface area contributed by atoms with E-state index in [0.717, 1.165) is 12.6 Å². The van der Waals surface area contributed by atoms with Crippen LogP contribution in [0.15, 0.2) is 0 Å². The van der Waals surface area contributed by atoms with Crippen LogP contribution in [0.4, 0.5) is 0 Å². The maximum absolute atomic E-state index is 11.5. The van der Waals surface area contributed by atoms with Crippen LogP contribution in [0.25, 0.3) is 0 Å². The lowest BCUT2D eigenvalue weighted by atomic mass is 10.1. The zero-order valence-corrected chi connectivity index (χ0v) is 10.8. The van der Waals surface area contributed by atoms with Crippen LogP contribution < -0.4 is 5.32 Å². The van der Waals surface area contributed by atoms with Gasteiger partial charge in [0.25, 0.3) is 0 Å². The van der Waals surface area contributed by atoms with Crippen molar-refractivity contribution in [3.63, 3.8) is 0 Å². The quantitative estimate of drug-likeness (QED) is 0.675. The number of nitrogens with zero attached hydrogens (tertiary/aromatic N) is 1. The van der Waals surface area contributed by atoms with E-state index in [-0.39, 0.29) is 5.91 Å². The highest BCUT2D eigenvalue weighted by atomic mass is 16.5. The third-order valence-corrected chi connectivity index (χ3v) is 3.65. The number of carbonyl (C=O) groups excluding carboxylic acids is 1. The minimum atomic E-state index is 0.128. The normalized spacial score (nSPS) is 25.1. The van der Waals surface area contributed by atoms with Gasteiger partial charge in [0.1, 0.15) is 0 Å². The fraction of sp³-hybridized carbons (Fsp3) is 0.923. The SMILES string of the molecule is CCOCCC(=O)NC[C@H]1CCN(C2CC2)C1. The summed E-state index contributed by atoms with van der Waals surface area (Å²) in [7, 11) is 0. The van der Waals surface area contributed by atoms with Crippen LogP contribution in [0.3, 0.4) is 0 Å². The number of hydrogen-bond donors (Lipinski definition) is 1. The molecule has 0 unspecified atom stereocenters. The Kier molecular flexibility index (Phi) is 4.80. The van der Waals surface area contributed by atoms with Gasteiger partial charge < -0.3 is 15.0 Å². The second-order valence-corrected chi connectivity index (χ2v) is 5.13. The van der Waals surface area contributed by atoms with Gasteiger partial charge in [0.05, 0.1) is 6.61 Å². The first kappa shape index (κ1) is 12.8. The molecule has 0 radical (unpaired) electrons. The summed E-state index contributed by atoms with van der Waals surface area (Å²) in [6.07, 6.45) is 4.50. The first-order valence-corrected chi connectivity index (χ1v) is 6.88. The highest BCUT2D eigenvalue weighted by molar-refractivity contribution is 5.75. The summed E-state index contributed by atoms with van der Waals surface area (Å²) in [6.45, 7) is 6.42. The van der Waals surface area contributed by atoms with Gasteiger partial charge in [0, 0.05) is 32.2 Å². The number of carbonyl (C=O) groups is 1. The fourth-order valence-electron chi connectivity index (χ4n) is 2.46. The van der Waals surface area contributed by atoms with Crippen molar-refractivity contribution in [3.05, 3.63) is 0 Å². The van der Waals surface area contributed by atoms with Crippen LogP contribution in [-0.2, 0) is 9.53 Å². The number of likely N-dealkylation sites (tertiary alicyclic amines) is 1. The van der Waals surface area contributed by atoms with Crippen LogP contribution in [0.5, 0.6) is 0 Å². The van der Waals surface area contributed by atoms with Crippen LogP contribution in [0, 0.1) is 5.92 Å². The first-order valence-electron chi connectivity index (χ1n) is 6.88. The fourth-order valence-corrected chi connectivity index (χ4v) is 2.46. The van der Waals surface area contributed by atoms with E-state index in [1.165, 1.54) is 32.4 Å². The van der Waals surface area contributed by atoms with Crippen molar-refractivity contribution in [1.29, 1.82) is 0 Å². The molecule has 98 valence electrons. The van der Waals surface area contributed by atoms with Crippen LogP contribution in [0.1, 0.15) is 32.6 Å². The third kappa shape index (κ3) is 4.28. The smallest absolute Gasteiger partial charge is 0.222 e. The summed E-state index contributed by atoms with van der Waals surface area (Å²) < 4.78 is 5.16. The molecule has 4 heteroatoms. The van der Waals surface area contributed by atoms with Gasteiger partial charge >= 0.3 is 0 Å². The minimum absolute atomic E-state index is 0.128. The van der Waals surface area contributed by atoms with E-state index in [1.807, 2.05) is 6.92 Å². The Labute approximate surface area is 104 Å². The lowest BCUT2D eigenvalue weighted by Gasteiger charge is -2.15. The Balaban J connectivity index is 1.54. The molecule has 1 aliphatic carbocycles. The van der Waals surface area contributed by atoms with Crippen LogP contribution in [0.2, 0.25) is 0 Å². The highest BCUT2D eigenvalue weighted by Gasteiger charge is 2.34. The standard InChI is InChI=1S/C13H24N2O2/c1-2-17-8-6-13(16)14-9-11-5-7-15(10-11)12-3-4-12/h11-12H,2-10H2,1H3,(H,14,16)/t11-/m1/s1. The lowest BCUT2D eigenvalue weighted by Crippen LogP contribution is -2.31. The summed E-state index contributed by atoms with van der Waals surface area (Å²) in [5.74, 6) is 0.787. The molecule has 2 rings (SSSR count). The Morgan fingerprint density at radius 3 is 2.94 bits per heavy atom. The topological polar surface area (TPSA) is 41.6 Å². The minimum Gasteiger partial charge on any atom is -0.381 e. The van der Waals surface area contributed by atoms with Crippen molar-refractivity contribution >= 4 is 5.91 Å². The van der Waals surface area contributed by atoms with E-state index in [4.69, 9.17) is 4.74 Å². The van der Waals surface area contributed by atoms with Crippen molar-refractivity contribution in [2.24, 2.45) is 5.92 Å². The zero-order chi connectivity index (χ0) is 12.1. The molecule has 4 nitrogen and oxygen atoms in total. The molecular formula is C13H24N2O2. The summed E-state index contributed by atoms with van der Waals surface area (Å²) in [4.78, 5) is 14.1. The number of nitrogens with one attached hydrogen (secondary N) is 1. The van der Waals surface area contributed by atoms with E-state index >= 15 is 0 Å². The predicted molar refractivity (Wildman–Crippen MR) is 66.8 cm³/mol. The van der Waals surface area contributed by atoms with Crippen molar-refractivity contribution in [1.82, 2.24) is 10.2 Å². The molecule has 0 bridgehead atoms. The summed E-state index contributed by atoms with van der Waals surface area (Å²) >= 11 is 0. The number of ether oxygens (including phenoxy) is 1. The molecule has 2 aliphatic rings. The van der Waals surface area contributed by atoms with E-state index < -0.39 is 0 Å². The molecule has 0 aromatic carbocycles. The van der Waals surface area contributed by atoms with Gasteiger partial charge in [-0.15, -0.1) is 0 Å². The first-order chi connectivity index (χ1) is 8.29. The number of amides is 1. The van der Waals surface area contributed by atoms with Gasteiger partial charge in [-0.2, -0.15) is 0 Å². The highest BCUT2D eigenvalue weighted by Crippen LogP contribution is 2.31. The van der Waals surface area contributed by atoms with Gasteiger partial charge in [-0.25, -0.2) is 0 Å². The molecule has 0 spiro atoms. The molecule has 1 atom stereocenters. The lowest BCUT2D eigenvalue weighted by molar-refractivity contribution is -0.122. The Bertz CT molecular complexity index is 254. The van der Waals surface area contributed by atoms with Gasteiger partial charge in [0.2, 0.25) is 5.91 Å². The molecule has 1 aliphatic heterocycles. The number of rotatable bonds is 7. The van der Waals surface area contributed by atoms with E-state index in [1.54, 1.807) is 0 Å². The third-order valence-electron chi connectivity index (χ3n) is 3.65. The second kappa shape index (κ2) is 6.36. The maximum atomic E-state index is 11.5.